The van der Waals surface area contributed by atoms with E-state index in [-0.39, 0.29) is 5.69 Å². The van der Waals surface area contributed by atoms with Gasteiger partial charge in [-0.25, -0.2) is 13.6 Å². The molecular formula is C7H4F2N2. The average Bonchev–Trinajstić information content (AvgIpc) is 1.85. The second-order valence-electron chi connectivity index (χ2n) is 1.94. The highest BCUT2D eigenvalue weighted by Crippen LogP contribution is 2.24. The van der Waals surface area contributed by atoms with E-state index in [0.29, 0.717) is 0 Å². The molecule has 0 atom stereocenters. The fourth-order valence-electron chi connectivity index (χ4n) is 0.692. The topological polar surface area (TPSA) is 30.4 Å². The summed E-state index contributed by atoms with van der Waals surface area (Å²) in [6.45, 7) is 6.40. The van der Waals surface area contributed by atoms with E-state index < -0.39 is 17.3 Å². The van der Waals surface area contributed by atoms with Crippen LogP contribution in [0.3, 0.4) is 0 Å². The normalized spacial score (nSPS) is 9.18. The monoisotopic (exact) mass is 154 g/mol. The Labute approximate surface area is 62.1 Å². The molecule has 56 valence electrons. The Bertz CT molecular complexity index is 305. The Morgan fingerprint density at radius 1 is 1.27 bits per heavy atom. The van der Waals surface area contributed by atoms with E-state index in [1.807, 2.05) is 0 Å². The number of nitrogen functional groups attached to an aromatic ring is 1. The lowest BCUT2D eigenvalue weighted by Crippen LogP contribution is -1.88. The minimum Gasteiger partial charge on any atom is -0.399 e. The van der Waals surface area contributed by atoms with Crippen LogP contribution in [0.5, 0.6) is 0 Å². The van der Waals surface area contributed by atoms with Gasteiger partial charge in [0.05, 0.1) is 6.57 Å². The minimum atomic E-state index is -0.919. The predicted molar refractivity (Wildman–Crippen MR) is 37.0 cm³/mol. The molecule has 1 rings (SSSR count). The Morgan fingerprint density at radius 3 is 2.09 bits per heavy atom. The molecule has 0 aliphatic heterocycles. The first kappa shape index (κ1) is 7.48. The largest absolute Gasteiger partial charge is 0.399 e. The Hall–Kier alpha value is -1.63. The fourth-order valence-corrected chi connectivity index (χ4v) is 0.692. The molecule has 0 saturated carbocycles. The zero-order valence-corrected chi connectivity index (χ0v) is 5.44. The zero-order chi connectivity index (χ0) is 8.43. The van der Waals surface area contributed by atoms with E-state index >= 15 is 0 Å². The number of benzene rings is 1. The third-order valence-corrected chi connectivity index (χ3v) is 1.15. The van der Waals surface area contributed by atoms with Crippen LogP contribution in [0.2, 0.25) is 0 Å². The van der Waals surface area contributed by atoms with Crippen LogP contribution in [0.1, 0.15) is 0 Å². The van der Waals surface area contributed by atoms with Crippen molar-refractivity contribution in [1.82, 2.24) is 0 Å². The summed E-state index contributed by atoms with van der Waals surface area (Å²) in [5.41, 5.74) is 4.47. The van der Waals surface area contributed by atoms with Gasteiger partial charge in [-0.2, -0.15) is 0 Å². The summed E-state index contributed by atoms with van der Waals surface area (Å²) in [6.07, 6.45) is 0. The Balaban J connectivity index is 3.40. The lowest BCUT2D eigenvalue weighted by Gasteiger charge is -1.96. The van der Waals surface area contributed by atoms with Gasteiger partial charge in [-0.1, -0.05) is 0 Å². The van der Waals surface area contributed by atoms with Crippen molar-refractivity contribution in [1.29, 1.82) is 0 Å². The molecule has 0 heterocycles. The molecule has 0 spiro atoms. The Morgan fingerprint density at radius 2 is 1.73 bits per heavy atom. The molecule has 1 aromatic carbocycles. The third-order valence-electron chi connectivity index (χ3n) is 1.15. The van der Waals surface area contributed by atoms with Gasteiger partial charge in [-0.15, -0.1) is 0 Å². The summed E-state index contributed by atoms with van der Waals surface area (Å²) in [7, 11) is 0. The van der Waals surface area contributed by atoms with Crippen LogP contribution >= 0.6 is 0 Å². The summed E-state index contributed by atoms with van der Waals surface area (Å²) in [4.78, 5) is 2.66. The van der Waals surface area contributed by atoms with Crippen molar-refractivity contribution >= 4 is 11.4 Å². The lowest BCUT2D eigenvalue weighted by molar-refractivity contribution is 0.595. The SMILES string of the molecule is [C-]#[N+]c1c(F)cc(N)cc1F. The molecule has 2 N–H and O–H groups in total. The molecule has 0 aromatic heterocycles. The van der Waals surface area contributed by atoms with Crippen molar-refractivity contribution in [3.63, 3.8) is 0 Å². The van der Waals surface area contributed by atoms with Crippen molar-refractivity contribution in [2.75, 3.05) is 5.73 Å². The molecule has 4 heteroatoms. The molecule has 0 saturated heterocycles. The molecule has 0 unspecified atom stereocenters. The van der Waals surface area contributed by atoms with Crippen LogP contribution in [0, 0.1) is 18.2 Å². The quantitative estimate of drug-likeness (QED) is 0.450. The van der Waals surface area contributed by atoms with Crippen LogP contribution in [0.25, 0.3) is 4.85 Å². The second kappa shape index (κ2) is 2.54. The van der Waals surface area contributed by atoms with E-state index in [4.69, 9.17) is 12.3 Å². The van der Waals surface area contributed by atoms with Gasteiger partial charge in [0.1, 0.15) is 11.6 Å². The molecule has 0 aliphatic carbocycles. The highest BCUT2D eigenvalue weighted by atomic mass is 19.1. The van der Waals surface area contributed by atoms with Crippen LogP contribution in [0.4, 0.5) is 20.2 Å². The van der Waals surface area contributed by atoms with E-state index in [9.17, 15) is 8.78 Å². The lowest BCUT2D eigenvalue weighted by atomic mass is 10.2. The van der Waals surface area contributed by atoms with E-state index in [1.54, 1.807) is 0 Å². The molecular weight excluding hydrogens is 150 g/mol. The molecule has 1 aromatic rings. The van der Waals surface area contributed by atoms with Gasteiger partial charge in [0.2, 0.25) is 0 Å². The van der Waals surface area contributed by atoms with E-state index in [1.165, 1.54) is 0 Å². The molecule has 0 amide bonds. The predicted octanol–water partition coefficient (Wildman–Crippen LogP) is 2.10. The van der Waals surface area contributed by atoms with Crippen molar-refractivity contribution < 1.29 is 8.78 Å². The van der Waals surface area contributed by atoms with Crippen molar-refractivity contribution in [3.05, 3.63) is 35.2 Å². The standard InChI is InChI=1S/C7H4F2N2/c1-11-7-5(8)2-4(10)3-6(7)9/h2-3H,10H2. The smallest absolute Gasteiger partial charge is 0.256 e. The summed E-state index contributed by atoms with van der Waals surface area (Å²) in [5.74, 6) is -1.84. The molecule has 2 nitrogen and oxygen atoms in total. The third kappa shape index (κ3) is 1.27. The molecule has 0 radical (unpaired) electrons. The second-order valence-corrected chi connectivity index (χ2v) is 1.94. The zero-order valence-electron chi connectivity index (χ0n) is 5.44. The fraction of sp³-hybridized carbons (Fsp3) is 0. The van der Waals surface area contributed by atoms with Crippen LogP contribution in [0.15, 0.2) is 12.1 Å². The van der Waals surface area contributed by atoms with Crippen molar-refractivity contribution in [3.8, 4) is 0 Å². The van der Waals surface area contributed by atoms with Gasteiger partial charge in [0, 0.05) is 5.69 Å². The highest BCUT2D eigenvalue weighted by Gasteiger charge is 2.08. The number of rotatable bonds is 0. The van der Waals surface area contributed by atoms with Gasteiger partial charge in [-0.3, -0.25) is 0 Å². The van der Waals surface area contributed by atoms with Gasteiger partial charge < -0.3 is 5.73 Å². The number of halogens is 2. The minimum absolute atomic E-state index is 0.0209. The number of nitrogens with two attached hydrogens (primary N) is 1. The number of nitrogens with zero attached hydrogens (tertiary/aromatic N) is 1. The van der Waals surface area contributed by atoms with E-state index in [2.05, 4.69) is 4.85 Å². The van der Waals surface area contributed by atoms with Crippen molar-refractivity contribution in [2.45, 2.75) is 0 Å². The first-order valence-electron chi connectivity index (χ1n) is 2.77. The summed E-state index contributed by atoms with van der Waals surface area (Å²) >= 11 is 0. The van der Waals surface area contributed by atoms with Gasteiger partial charge in [0.25, 0.3) is 5.69 Å². The van der Waals surface area contributed by atoms with Gasteiger partial charge in [0.15, 0.2) is 0 Å². The number of hydrogen-bond donors (Lipinski definition) is 1. The van der Waals surface area contributed by atoms with E-state index in [0.717, 1.165) is 12.1 Å². The summed E-state index contributed by atoms with van der Waals surface area (Å²) < 4.78 is 25.2. The van der Waals surface area contributed by atoms with Crippen LogP contribution < -0.4 is 5.73 Å². The molecule has 0 aliphatic rings. The maximum atomic E-state index is 12.6. The molecule has 0 bridgehead atoms. The number of anilines is 1. The molecule has 11 heavy (non-hydrogen) atoms. The maximum absolute atomic E-state index is 12.6. The van der Waals surface area contributed by atoms with Crippen molar-refractivity contribution in [2.24, 2.45) is 0 Å². The Kier molecular flexibility index (Phi) is 1.73. The first-order chi connectivity index (χ1) is 5.15. The molecule has 0 fully saturated rings. The number of hydrogen-bond acceptors (Lipinski definition) is 1. The van der Waals surface area contributed by atoms with Crippen LogP contribution in [-0.4, -0.2) is 0 Å². The van der Waals surface area contributed by atoms with Gasteiger partial charge in [-0.05, 0) is 12.1 Å². The van der Waals surface area contributed by atoms with Crippen LogP contribution in [-0.2, 0) is 0 Å². The maximum Gasteiger partial charge on any atom is 0.256 e. The van der Waals surface area contributed by atoms with Gasteiger partial charge >= 0.3 is 0 Å². The highest BCUT2D eigenvalue weighted by molar-refractivity contribution is 5.54. The summed E-state index contributed by atoms with van der Waals surface area (Å²) in [6, 6.07) is 1.83. The summed E-state index contributed by atoms with van der Waals surface area (Å²) in [5, 5.41) is 0. The first-order valence-corrected chi connectivity index (χ1v) is 2.77. The average molecular weight is 154 g/mol.